The Morgan fingerprint density at radius 1 is 1.00 bits per heavy atom. The fourth-order valence-corrected chi connectivity index (χ4v) is 2.74. The first kappa shape index (κ1) is 16.5. The first-order valence-corrected chi connectivity index (χ1v) is 8.51. The Balaban J connectivity index is 1.35. The van der Waals surface area contributed by atoms with Gasteiger partial charge >= 0.3 is 0 Å². The first-order chi connectivity index (χ1) is 11.8. The molecule has 3 aromatic rings. The maximum absolute atomic E-state index is 10.2. The van der Waals surface area contributed by atoms with Crippen LogP contribution in [0.3, 0.4) is 0 Å². The number of unbranched alkanes of at least 4 members (excludes halogenated alkanes) is 3. The molecule has 126 valence electrons. The molecular formula is C19H23N3O2. The van der Waals surface area contributed by atoms with Crippen LogP contribution in [0, 0.1) is 0 Å². The van der Waals surface area contributed by atoms with Crippen molar-refractivity contribution in [2.24, 2.45) is 0 Å². The SMILES string of the molecule is OC(CCCCCCc1ccccc1)c1nc(-c2ccco2)n[nH]1. The lowest BCUT2D eigenvalue weighted by Crippen LogP contribution is -2.00. The zero-order valence-corrected chi connectivity index (χ0v) is 13.7. The maximum atomic E-state index is 10.2. The van der Waals surface area contributed by atoms with Gasteiger partial charge in [-0.05, 0) is 37.0 Å². The molecule has 3 rings (SSSR count). The number of aliphatic hydroxyl groups is 1. The van der Waals surface area contributed by atoms with E-state index >= 15 is 0 Å². The molecule has 0 bridgehead atoms. The number of nitrogens with one attached hydrogen (secondary N) is 1. The van der Waals surface area contributed by atoms with Gasteiger partial charge in [0.2, 0.25) is 5.82 Å². The number of nitrogens with zero attached hydrogens (tertiary/aromatic N) is 2. The lowest BCUT2D eigenvalue weighted by molar-refractivity contribution is 0.154. The molecule has 24 heavy (non-hydrogen) atoms. The molecule has 1 unspecified atom stereocenters. The highest BCUT2D eigenvalue weighted by Crippen LogP contribution is 2.20. The second-order valence-corrected chi connectivity index (χ2v) is 5.98. The maximum Gasteiger partial charge on any atom is 0.217 e. The quantitative estimate of drug-likeness (QED) is 0.575. The van der Waals surface area contributed by atoms with Crippen LogP contribution in [0.5, 0.6) is 0 Å². The summed E-state index contributed by atoms with van der Waals surface area (Å²) < 4.78 is 5.25. The van der Waals surface area contributed by atoms with Crippen molar-refractivity contribution in [3.05, 3.63) is 60.1 Å². The van der Waals surface area contributed by atoms with Crippen molar-refractivity contribution < 1.29 is 9.52 Å². The van der Waals surface area contributed by atoms with E-state index in [2.05, 4.69) is 39.4 Å². The summed E-state index contributed by atoms with van der Waals surface area (Å²) in [6, 6.07) is 14.1. The zero-order chi connectivity index (χ0) is 16.6. The second-order valence-electron chi connectivity index (χ2n) is 5.98. The predicted molar refractivity (Wildman–Crippen MR) is 92.3 cm³/mol. The van der Waals surface area contributed by atoms with E-state index in [1.54, 1.807) is 18.4 Å². The number of rotatable bonds is 9. The molecule has 1 atom stereocenters. The average Bonchev–Trinajstić information content (AvgIpc) is 3.29. The summed E-state index contributed by atoms with van der Waals surface area (Å²) >= 11 is 0. The summed E-state index contributed by atoms with van der Waals surface area (Å²) in [6.07, 6.45) is 7.25. The Morgan fingerprint density at radius 2 is 1.83 bits per heavy atom. The van der Waals surface area contributed by atoms with Gasteiger partial charge in [-0.1, -0.05) is 49.6 Å². The summed E-state index contributed by atoms with van der Waals surface area (Å²) in [6.45, 7) is 0. The summed E-state index contributed by atoms with van der Waals surface area (Å²) in [5, 5.41) is 17.1. The number of aliphatic hydroxyl groups excluding tert-OH is 1. The third-order valence-corrected chi connectivity index (χ3v) is 4.10. The molecule has 0 aliphatic carbocycles. The van der Waals surface area contributed by atoms with Crippen molar-refractivity contribution in [3.63, 3.8) is 0 Å². The Labute approximate surface area is 141 Å². The molecule has 2 N–H and O–H groups in total. The van der Waals surface area contributed by atoms with Crippen LogP contribution in [-0.2, 0) is 6.42 Å². The minimum Gasteiger partial charge on any atom is -0.461 e. The van der Waals surface area contributed by atoms with E-state index in [0.717, 1.165) is 19.3 Å². The summed E-state index contributed by atoms with van der Waals surface area (Å²) in [4.78, 5) is 4.30. The summed E-state index contributed by atoms with van der Waals surface area (Å²) in [5.41, 5.74) is 1.39. The number of aromatic amines is 1. The van der Waals surface area contributed by atoms with Gasteiger partial charge in [0.25, 0.3) is 0 Å². The van der Waals surface area contributed by atoms with Crippen molar-refractivity contribution in [2.45, 2.75) is 44.6 Å². The van der Waals surface area contributed by atoms with Crippen molar-refractivity contribution in [1.29, 1.82) is 0 Å². The number of hydrogen-bond acceptors (Lipinski definition) is 4. The Morgan fingerprint density at radius 3 is 2.62 bits per heavy atom. The summed E-state index contributed by atoms with van der Waals surface area (Å²) in [7, 11) is 0. The number of H-pyrrole nitrogens is 1. The van der Waals surface area contributed by atoms with Gasteiger partial charge in [0, 0.05) is 0 Å². The second kappa shape index (κ2) is 8.45. The van der Waals surface area contributed by atoms with Crippen LogP contribution in [0.4, 0.5) is 0 Å². The normalized spacial score (nSPS) is 12.4. The molecule has 0 fully saturated rings. The number of hydrogen-bond donors (Lipinski definition) is 2. The van der Waals surface area contributed by atoms with E-state index < -0.39 is 6.10 Å². The molecule has 2 aromatic heterocycles. The standard InChI is InChI=1S/C19H23N3O2/c23-16(18-20-19(22-21-18)17-13-8-14-24-17)12-7-2-1-4-9-15-10-5-3-6-11-15/h3,5-6,8,10-11,13-14,16,23H,1-2,4,7,9,12H2,(H,20,21,22). The van der Waals surface area contributed by atoms with Crippen molar-refractivity contribution in [3.8, 4) is 11.6 Å². The van der Waals surface area contributed by atoms with Crippen LogP contribution in [0.25, 0.3) is 11.6 Å². The number of aryl methyl sites for hydroxylation is 1. The third-order valence-electron chi connectivity index (χ3n) is 4.10. The molecule has 5 heteroatoms. The lowest BCUT2D eigenvalue weighted by atomic mass is 10.0. The van der Waals surface area contributed by atoms with Gasteiger partial charge in [-0.25, -0.2) is 4.98 Å². The van der Waals surface area contributed by atoms with Crippen LogP contribution in [0.2, 0.25) is 0 Å². The van der Waals surface area contributed by atoms with Crippen LogP contribution >= 0.6 is 0 Å². The summed E-state index contributed by atoms with van der Waals surface area (Å²) in [5.74, 6) is 1.59. The van der Waals surface area contributed by atoms with Gasteiger partial charge in [0.1, 0.15) is 6.10 Å². The fourth-order valence-electron chi connectivity index (χ4n) is 2.74. The highest BCUT2D eigenvalue weighted by atomic mass is 16.3. The van der Waals surface area contributed by atoms with E-state index in [9.17, 15) is 5.11 Å². The Kier molecular flexibility index (Phi) is 5.80. The minimum absolute atomic E-state index is 0.483. The van der Waals surface area contributed by atoms with Gasteiger partial charge in [-0.15, -0.1) is 5.10 Å². The van der Waals surface area contributed by atoms with Gasteiger partial charge < -0.3 is 9.52 Å². The van der Waals surface area contributed by atoms with Gasteiger partial charge in [-0.3, -0.25) is 5.10 Å². The molecule has 0 aliphatic rings. The van der Waals surface area contributed by atoms with E-state index in [1.807, 2.05) is 6.07 Å². The molecule has 0 aliphatic heterocycles. The van der Waals surface area contributed by atoms with Gasteiger partial charge in [-0.2, -0.15) is 0 Å². The number of benzene rings is 1. The van der Waals surface area contributed by atoms with Crippen LogP contribution in [-0.4, -0.2) is 20.3 Å². The Bertz CT molecular complexity index is 707. The van der Waals surface area contributed by atoms with Gasteiger partial charge in [0.15, 0.2) is 11.6 Å². The largest absolute Gasteiger partial charge is 0.461 e. The first-order valence-electron chi connectivity index (χ1n) is 8.51. The minimum atomic E-state index is -0.602. The van der Waals surface area contributed by atoms with Crippen LogP contribution < -0.4 is 0 Å². The molecule has 0 amide bonds. The molecule has 0 radical (unpaired) electrons. The lowest BCUT2D eigenvalue weighted by Gasteiger charge is -2.07. The van der Waals surface area contributed by atoms with E-state index in [1.165, 1.54) is 18.4 Å². The Hall–Kier alpha value is -2.40. The highest BCUT2D eigenvalue weighted by Gasteiger charge is 2.14. The van der Waals surface area contributed by atoms with Crippen LogP contribution in [0.15, 0.2) is 53.1 Å². The van der Waals surface area contributed by atoms with Crippen molar-refractivity contribution >= 4 is 0 Å². The van der Waals surface area contributed by atoms with E-state index in [0.29, 0.717) is 23.8 Å². The fraction of sp³-hybridized carbons (Fsp3) is 0.368. The molecule has 0 saturated heterocycles. The van der Waals surface area contributed by atoms with Crippen molar-refractivity contribution in [1.82, 2.24) is 15.2 Å². The zero-order valence-electron chi connectivity index (χ0n) is 13.7. The highest BCUT2D eigenvalue weighted by molar-refractivity contribution is 5.45. The average molecular weight is 325 g/mol. The molecule has 0 spiro atoms. The third kappa shape index (κ3) is 4.55. The number of aromatic nitrogens is 3. The monoisotopic (exact) mass is 325 g/mol. The van der Waals surface area contributed by atoms with E-state index in [4.69, 9.17) is 4.42 Å². The molecule has 5 nitrogen and oxygen atoms in total. The topological polar surface area (TPSA) is 74.9 Å². The predicted octanol–water partition coefficient (Wildman–Crippen LogP) is 4.29. The molecule has 2 heterocycles. The molecule has 1 aromatic carbocycles. The number of furan rings is 1. The van der Waals surface area contributed by atoms with Gasteiger partial charge in [0.05, 0.1) is 6.26 Å². The smallest absolute Gasteiger partial charge is 0.217 e. The molecule has 0 saturated carbocycles. The van der Waals surface area contributed by atoms with Crippen LogP contribution in [0.1, 0.15) is 49.6 Å². The van der Waals surface area contributed by atoms with E-state index in [-0.39, 0.29) is 0 Å². The van der Waals surface area contributed by atoms with Crippen molar-refractivity contribution in [2.75, 3.05) is 0 Å². The molecular weight excluding hydrogens is 302 g/mol.